The van der Waals surface area contributed by atoms with Crippen molar-refractivity contribution in [1.29, 1.82) is 0 Å². The van der Waals surface area contributed by atoms with E-state index >= 15 is 0 Å². The molecule has 134 valence electrons. The van der Waals surface area contributed by atoms with Crippen LogP contribution < -0.4 is 10.0 Å². The molecule has 1 fully saturated rings. The topological polar surface area (TPSA) is 61.4 Å². The lowest BCUT2D eigenvalue weighted by Crippen LogP contribution is -2.44. The van der Waals surface area contributed by atoms with Gasteiger partial charge >= 0.3 is 0 Å². The summed E-state index contributed by atoms with van der Waals surface area (Å²) in [5, 5.41) is 3.30. The molecule has 0 spiro atoms. The minimum atomic E-state index is -3.44. The minimum Gasteiger partial charge on any atom is -0.314 e. The maximum absolute atomic E-state index is 12.3. The Morgan fingerprint density at radius 2 is 1.91 bits per heavy atom. The highest BCUT2D eigenvalue weighted by atomic mass is 79.9. The number of sulfonamides is 1. The number of piperazine rings is 1. The van der Waals surface area contributed by atoms with Gasteiger partial charge in [-0.25, -0.2) is 13.1 Å². The third kappa shape index (κ3) is 7.25. The van der Waals surface area contributed by atoms with Crippen LogP contribution in [0.25, 0.3) is 0 Å². The van der Waals surface area contributed by atoms with Gasteiger partial charge in [-0.05, 0) is 53.5 Å². The van der Waals surface area contributed by atoms with Gasteiger partial charge < -0.3 is 10.2 Å². The number of hydrogen-bond acceptors (Lipinski definition) is 4. The normalized spacial score (nSPS) is 15.6. The van der Waals surface area contributed by atoms with E-state index in [9.17, 15) is 8.42 Å². The van der Waals surface area contributed by atoms with Crippen LogP contribution in [0.15, 0.2) is 27.6 Å². The average Bonchev–Trinajstić information content (AvgIpc) is 2.47. The van der Waals surface area contributed by atoms with E-state index in [0.717, 1.165) is 44.7 Å². The molecule has 1 heterocycles. The van der Waals surface area contributed by atoms with Gasteiger partial charge in [-0.3, -0.25) is 0 Å². The van der Waals surface area contributed by atoms with Crippen molar-refractivity contribution in [1.82, 2.24) is 14.9 Å². The maximum Gasteiger partial charge on any atom is 0.241 e. The van der Waals surface area contributed by atoms with E-state index in [1.54, 1.807) is 12.1 Å². The van der Waals surface area contributed by atoms with Gasteiger partial charge in [0.05, 0.1) is 4.90 Å². The Hall–Kier alpha value is 0.110. The number of hydrogen-bond donors (Lipinski definition) is 2. The molecule has 0 aliphatic carbocycles. The summed E-state index contributed by atoms with van der Waals surface area (Å²) in [6.45, 7) is 7.39. The highest BCUT2D eigenvalue weighted by Gasteiger charge is 2.17. The molecule has 1 aliphatic rings. The molecular formula is C14H24BrCl2N3O2S. The molecule has 1 saturated heterocycles. The van der Waals surface area contributed by atoms with Gasteiger partial charge in [0.1, 0.15) is 0 Å². The number of rotatable bonds is 6. The molecule has 0 amide bonds. The number of halogens is 3. The second kappa shape index (κ2) is 10.9. The maximum atomic E-state index is 12.3. The third-order valence-electron chi connectivity index (χ3n) is 3.53. The van der Waals surface area contributed by atoms with Crippen molar-refractivity contribution >= 4 is 50.8 Å². The second-order valence-electron chi connectivity index (χ2n) is 5.28. The monoisotopic (exact) mass is 447 g/mol. The molecular weight excluding hydrogens is 425 g/mol. The van der Waals surface area contributed by atoms with Crippen molar-refractivity contribution in [2.75, 3.05) is 39.3 Å². The summed E-state index contributed by atoms with van der Waals surface area (Å²) < 4.78 is 27.9. The van der Waals surface area contributed by atoms with Crippen LogP contribution in [0.3, 0.4) is 0 Å². The number of benzene rings is 1. The van der Waals surface area contributed by atoms with E-state index in [-0.39, 0.29) is 24.8 Å². The van der Waals surface area contributed by atoms with Crippen LogP contribution in [0.1, 0.15) is 12.0 Å². The molecule has 0 atom stereocenters. The molecule has 0 saturated carbocycles. The van der Waals surface area contributed by atoms with Gasteiger partial charge in [0.25, 0.3) is 0 Å². The Kier molecular flexibility index (Phi) is 10.9. The highest BCUT2D eigenvalue weighted by molar-refractivity contribution is 9.10. The fraction of sp³-hybridized carbons (Fsp3) is 0.571. The molecule has 2 rings (SSSR count). The SMILES string of the molecule is Cc1ccc(Br)c(S(=O)(=O)NCCCN2CCNCC2)c1.Cl.Cl. The molecule has 0 unspecified atom stereocenters. The number of aryl methyl sites for hydroxylation is 1. The summed E-state index contributed by atoms with van der Waals surface area (Å²) in [6.07, 6.45) is 0.822. The molecule has 0 bridgehead atoms. The van der Waals surface area contributed by atoms with Crippen LogP contribution in [0, 0.1) is 6.92 Å². The molecule has 1 aromatic carbocycles. The Labute approximate surface area is 159 Å². The predicted octanol–water partition coefficient (Wildman–Crippen LogP) is 2.17. The van der Waals surface area contributed by atoms with Crippen molar-refractivity contribution in [2.24, 2.45) is 0 Å². The van der Waals surface area contributed by atoms with Gasteiger partial charge in [0, 0.05) is 37.2 Å². The summed E-state index contributed by atoms with van der Waals surface area (Å²) in [4.78, 5) is 2.66. The Morgan fingerprint density at radius 1 is 1.26 bits per heavy atom. The largest absolute Gasteiger partial charge is 0.314 e. The van der Waals surface area contributed by atoms with Gasteiger partial charge in [0.2, 0.25) is 10.0 Å². The van der Waals surface area contributed by atoms with Gasteiger partial charge in [-0.1, -0.05) is 6.07 Å². The first-order valence-corrected chi connectivity index (χ1v) is 9.45. The number of nitrogens with one attached hydrogen (secondary N) is 2. The van der Waals surface area contributed by atoms with Crippen molar-refractivity contribution in [3.8, 4) is 0 Å². The number of nitrogens with zero attached hydrogens (tertiary/aromatic N) is 1. The first-order chi connectivity index (χ1) is 9.99. The molecule has 5 nitrogen and oxygen atoms in total. The van der Waals surface area contributed by atoms with Crippen molar-refractivity contribution in [2.45, 2.75) is 18.2 Å². The fourth-order valence-electron chi connectivity index (χ4n) is 2.34. The van der Waals surface area contributed by atoms with E-state index in [0.29, 0.717) is 15.9 Å². The molecule has 23 heavy (non-hydrogen) atoms. The Morgan fingerprint density at radius 3 is 2.57 bits per heavy atom. The van der Waals surface area contributed by atoms with Crippen molar-refractivity contribution in [3.05, 3.63) is 28.2 Å². The Bertz CT molecular complexity index is 581. The zero-order valence-corrected chi connectivity index (χ0v) is 17.1. The Balaban J connectivity index is 0.00000242. The van der Waals surface area contributed by atoms with E-state index < -0.39 is 10.0 Å². The lowest BCUT2D eigenvalue weighted by molar-refractivity contribution is 0.239. The van der Waals surface area contributed by atoms with Gasteiger partial charge in [-0.15, -0.1) is 24.8 Å². The second-order valence-corrected chi connectivity index (χ2v) is 7.87. The third-order valence-corrected chi connectivity index (χ3v) is 5.98. The zero-order valence-electron chi connectivity index (χ0n) is 13.0. The lowest BCUT2D eigenvalue weighted by atomic mass is 10.2. The molecule has 9 heteroatoms. The van der Waals surface area contributed by atoms with Crippen LogP contribution >= 0.6 is 40.7 Å². The molecule has 0 aromatic heterocycles. The minimum absolute atomic E-state index is 0. The van der Waals surface area contributed by atoms with Crippen LogP contribution in [-0.4, -0.2) is 52.6 Å². The predicted molar refractivity (Wildman–Crippen MR) is 102 cm³/mol. The summed E-state index contributed by atoms with van der Waals surface area (Å²) in [6, 6.07) is 5.33. The summed E-state index contributed by atoms with van der Waals surface area (Å²) in [5.74, 6) is 0. The van der Waals surface area contributed by atoms with Gasteiger partial charge in [0.15, 0.2) is 0 Å². The highest BCUT2D eigenvalue weighted by Crippen LogP contribution is 2.22. The van der Waals surface area contributed by atoms with Crippen LogP contribution in [-0.2, 0) is 10.0 Å². The van der Waals surface area contributed by atoms with E-state index in [4.69, 9.17) is 0 Å². The standard InChI is InChI=1S/C14H22BrN3O2S.2ClH/c1-12-3-4-13(15)14(11-12)21(19,20)17-5-2-8-18-9-6-16-7-10-18;;/h3-4,11,16-17H,2,5-10H2,1H3;2*1H. The van der Waals surface area contributed by atoms with Crippen LogP contribution in [0.5, 0.6) is 0 Å². The smallest absolute Gasteiger partial charge is 0.241 e. The molecule has 1 aromatic rings. The van der Waals surface area contributed by atoms with Crippen LogP contribution in [0.4, 0.5) is 0 Å². The van der Waals surface area contributed by atoms with E-state index in [1.807, 2.05) is 13.0 Å². The van der Waals surface area contributed by atoms with Crippen molar-refractivity contribution < 1.29 is 8.42 Å². The van der Waals surface area contributed by atoms with Crippen LogP contribution in [0.2, 0.25) is 0 Å². The van der Waals surface area contributed by atoms with E-state index in [2.05, 4.69) is 30.9 Å². The zero-order chi connectivity index (χ0) is 15.3. The summed E-state index contributed by atoms with van der Waals surface area (Å²) in [5.41, 5.74) is 0.930. The summed E-state index contributed by atoms with van der Waals surface area (Å²) in [7, 11) is -3.44. The fourth-order valence-corrected chi connectivity index (χ4v) is 4.46. The lowest BCUT2D eigenvalue weighted by Gasteiger charge is -2.27. The van der Waals surface area contributed by atoms with Crippen molar-refractivity contribution in [3.63, 3.8) is 0 Å². The first-order valence-electron chi connectivity index (χ1n) is 7.18. The molecule has 0 radical (unpaired) electrons. The first kappa shape index (κ1) is 23.1. The van der Waals surface area contributed by atoms with Gasteiger partial charge in [-0.2, -0.15) is 0 Å². The summed E-state index contributed by atoms with van der Waals surface area (Å²) >= 11 is 3.30. The molecule has 2 N–H and O–H groups in total. The average molecular weight is 449 g/mol. The molecule has 1 aliphatic heterocycles. The van der Waals surface area contributed by atoms with E-state index in [1.165, 1.54) is 0 Å². The quantitative estimate of drug-likeness (QED) is 0.654.